The Balaban J connectivity index is 0.838. The number of H-pyrrole nitrogens is 1. The number of likely N-dealkylation sites (tertiary alicyclic amines) is 1. The van der Waals surface area contributed by atoms with E-state index in [-0.39, 0.29) is 46.0 Å². The minimum atomic E-state index is -2.18. The number of nitro groups is 1. The molecule has 15 nitrogen and oxygen atoms in total. The maximum Gasteiger partial charge on any atom is 0.297 e. The van der Waals surface area contributed by atoms with Gasteiger partial charge in [-0.05, 0) is 91.8 Å². The predicted octanol–water partition coefficient (Wildman–Crippen LogP) is 7.93. The van der Waals surface area contributed by atoms with Crippen molar-refractivity contribution in [1.29, 1.82) is 0 Å². The Labute approximate surface area is 375 Å². The summed E-state index contributed by atoms with van der Waals surface area (Å²) < 4.78 is 34.3. The number of nitrogens with zero attached hydrogens (tertiary/aromatic N) is 5. The van der Waals surface area contributed by atoms with Crippen molar-refractivity contribution in [3.05, 3.63) is 106 Å². The molecule has 0 radical (unpaired) electrons. The Kier molecular flexibility index (Phi) is 11.8. The van der Waals surface area contributed by atoms with Crippen LogP contribution in [0.2, 0.25) is 0 Å². The van der Waals surface area contributed by atoms with E-state index in [0.717, 1.165) is 50.1 Å². The van der Waals surface area contributed by atoms with E-state index in [4.69, 9.17) is 14.2 Å². The first-order valence-electron chi connectivity index (χ1n) is 22.7. The van der Waals surface area contributed by atoms with Crippen molar-refractivity contribution in [1.82, 2.24) is 24.5 Å². The number of hydrogen-bond acceptors (Lipinski definition) is 12. The van der Waals surface area contributed by atoms with E-state index in [2.05, 4.69) is 72.8 Å². The average molecular weight is 889 g/mol. The molecular weight excluding hydrogens is 833 g/mol. The summed E-state index contributed by atoms with van der Waals surface area (Å²) in [5.41, 5.74) is 5.08. The zero-order valence-corrected chi connectivity index (χ0v) is 37.2. The fraction of sp³-hybridized carbons (Fsp3) is 0.458. The molecule has 1 saturated carbocycles. The molecule has 5 aromatic rings. The van der Waals surface area contributed by atoms with Crippen LogP contribution in [0.25, 0.3) is 11.0 Å². The summed E-state index contributed by atoms with van der Waals surface area (Å²) in [6, 6.07) is 21.9. The highest BCUT2D eigenvalue weighted by Crippen LogP contribution is 2.54. The molecule has 3 saturated heterocycles. The molecular formula is C48H56N8O7S. The van der Waals surface area contributed by atoms with Gasteiger partial charge in [-0.25, -0.2) is 9.19 Å². The number of carbonyl (C=O) groups is 1. The van der Waals surface area contributed by atoms with Crippen LogP contribution in [0.5, 0.6) is 17.2 Å². The van der Waals surface area contributed by atoms with Crippen molar-refractivity contribution < 1.29 is 28.1 Å². The number of nitro benzene ring substituents is 1. The van der Waals surface area contributed by atoms with Crippen molar-refractivity contribution in [2.24, 2.45) is 5.41 Å². The molecule has 64 heavy (non-hydrogen) atoms. The molecule has 3 atom stereocenters. The third-order valence-corrected chi connectivity index (χ3v) is 15.1. The van der Waals surface area contributed by atoms with Crippen LogP contribution in [0.1, 0.15) is 85.8 Å². The number of anilines is 2. The van der Waals surface area contributed by atoms with Crippen LogP contribution in [-0.2, 0) is 15.7 Å². The van der Waals surface area contributed by atoms with E-state index in [1.54, 1.807) is 18.5 Å². The van der Waals surface area contributed by atoms with Gasteiger partial charge < -0.3 is 29.4 Å². The van der Waals surface area contributed by atoms with Crippen LogP contribution in [-0.4, -0.2) is 106 Å². The van der Waals surface area contributed by atoms with Crippen molar-refractivity contribution in [2.45, 2.75) is 81.3 Å². The SMILES string of the molecule is CC(C)c1ccccc1C1CCCN1C1CC2(CCN(c3ccc(C(=O)NS(=O)c4cc5c(c([N+](=O)[O-])c4)NC(CN4CCOCC4)CO5)c(Oc4cnc5[nH]ccc5c4)c3)CC2)C1. The monoisotopic (exact) mass is 888 g/mol. The van der Waals surface area contributed by atoms with Gasteiger partial charge in [0.1, 0.15) is 23.8 Å². The lowest BCUT2D eigenvalue weighted by Gasteiger charge is -2.56. The lowest BCUT2D eigenvalue weighted by molar-refractivity contribution is -0.384. The standard InChI is InChI=1S/C48H56N8O7S/c1-31(2)38-6-3-4-7-39(38)41-8-5-15-55(41)35-26-48(27-35)12-16-54(17-13-48)34-9-10-40(43(23-34)63-36-22-32-11-14-49-46(32)50-28-36)47(57)52-64(60)37-24-42(56(58)59)45-44(25-37)62-30-33(51-45)29-53-18-20-61-21-19-53/h3-4,6-7,9-11,14,22-25,28,31,33,35,41,51H,5,8,12-13,15-21,26-27,29-30H2,1-2H3,(H,49,50)(H,52,57). The van der Waals surface area contributed by atoms with Gasteiger partial charge in [-0.15, -0.1) is 0 Å². The predicted molar refractivity (Wildman–Crippen MR) is 246 cm³/mol. The lowest BCUT2D eigenvalue weighted by atomic mass is 9.59. The van der Waals surface area contributed by atoms with Gasteiger partial charge in [0.05, 0.1) is 40.8 Å². The Morgan fingerprint density at radius 3 is 2.66 bits per heavy atom. The van der Waals surface area contributed by atoms with Gasteiger partial charge in [-0.1, -0.05) is 38.1 Å². The highest BCUT2D eigenvalue weighted by atomic mass is 32.2. The van der Waals surface area contributed by atoms with E-state index in [1.807, 2.05) is 24.3 Å². The summed E-state index contributed by atoms with van der Waals surface area (Å²) in [5.74, 6) is 0.780. The number of morpholine rings is 1. The number of benzene rings is 3. The first-order valence-corrected chi connectivity index (χ1v) is 23.8. The maximum absolute atomic E-state index is 14.1. The number of hydrogen-bond donors (Lipinski definition) is 3. The maximum atomic E-state index is 14.1. The highest BCUT2D eigenvalue weighted by Gasteiger charge is 2.50. The number of aromatic nitrogens is 2. The number of amides is 1. The normalized spacial score (nSPS) is 21.8. The average Bonchev–Trinajstić information content (AvgIpc) is 3.98. The zero-order valence-electron chi connectivity index (χ0n) is 36.4. The van der Waals surface area contributed by atoms with Crippen LogP contribution < -0.4 is 24.4 Å². The summed E-state index contributed by atoms with van der Waals surface area (Å²) in [5, 5.41) is 16.4. The molecule has 1 spiro atoms. The molecule has 4 fully saturated rings. The van der Waals surface area contributed by atoms with Gasteiger partial charge in [-0.2, -0.15) is 0 Å². The van der Waals surface area contributed by atoms with E-state index < -0.39 is 21.8 Å². The quantitative estimate of drug-likeness (QED) is 0.0819. The molecule has 1 amide bonds. The number of carbonyl (C=O) groups excluding carboxylic acids is 1. The first kappa shape index (κ1) is 42.4. The van der Waals surface area contributed by atoms with Crippen molar-refractivity contribution >= 4 is 45.0 Å². The van der Waals surface area contributed by atoms with Crippen molar-refractivity contribution in [3.8, 4) is 17.2 Å². The summed E-state index contributed by atoms with van der Waals surface area (Å²) in [7, 11) is -2.18. The van der Waals surface area contributed by atoms with Gasteiger partial charge in [-0.3, -0.25) is 29.4 Å². The van der Waals surface area contributed by atoms with Gasteiger partial charge in [0.15, 0.2) is 22.4 Å². The Hall–Kier alpha value is -5.55. The van der Waals surface area contributed by atoms with Crippen LogP contribution in [0.4, 0.5) is 17.1 Å². The van der Waals surface area contributed by atoms with Crippen LogP contribution in [0.3, 0.4) is 0 Å². The smallest absolute Gasteiger partial charge is 0.297 e. The van der Waals surface area contributed by atoms with E-state index >= 15 is 0 Å². The molecule has 0 bridgehead atoms. The van der Waals surface area contributed by atoms with Crippen molar-refractivity contribution in [3.63, 3.8) is 0 Å². The summed E-state index contributed by atoms with van der Waals surface area (Å²) in [6.07, 6.45) is 10.5. The number of pyridine rings is 1. The largest absolute Gasteiger partial charge is 0.489 e. The van der Waals surface area contributed by atoms with Crippen LogP contribution >= 0.6 is 0 Å². The molecule has 16 heteroatoms. The number of piperidine rings is 1. The number of aromatic amines is 1. The van der Waals surface area contributed by atoms with Crippen LogP contribution in [0, 0.1) is 15.5 Å². The summed E-state index contributed by atoms with van der Waals surface area (Å²) in [6.45, 7) is 11.3. The molecule has 10 rings (SSSR count). The first-order chi connectivity index (χ1) is 31.1. The lowest BCUT2D eigenvalue weighted by Crippen LogP contribution is -2.54. The molecule has 3 unspecified atom stereocenters. The minimum Gasteiger partial charge on any atom is -0.489 e. The van der Waals surface area contributed by atoms with Gasteiger partial charge >= 0.3 is 0 Å². The number of fused-ring (bicyclic) bond motifs is 2. The zero-order chi connectivity index (χ0) is 44.0. The fourth-order valence-electron chi connectivity index (χ4n) is 10.7. The molecule has 5 aliphatic rings. The second kappa shape index (κ2) is 17.8. The van der Waals surface area contributed by atoms with E-state index in [9.17, 15) is 19.1 Å². The highest BCUT2D eigenvalue weighted by molar-refractivity contribution is 7.83. The van der Waals surface area contributed by atoms with Gasteiger partial charge in [0, 0.05) is 80.3 Å². The third kappa shape index (κ3) is 8.55. The molecule has 4 aliphatic heterocycles. The molecule has 6 heterocycles. The van der Waals surface area contributed by atoms with Gasteiger partial charge in [0.2, 0.25) is 0 Å². The van der Waals surface area contributed by atoms with Crippen LogP contribution in [0.15, 0.2) is 84.0 Å². The molecule has 3 aromatic carbocycles. The molecule has 336 valence electrons. The molecule has 2 aromatic heterocycles. The second-order valence-electron chi connectivity index (χ2n) is 18.4. The number of nitrogens with one attached hydrogen (secondary N) is 3. The van der Waals surface area contributed by atoms with E-state index in [1.165, 1.54) is 55.5 Å². The van der Waals surface area contributed by atoms with E-state index in [0.29, 0.717) is 54.6 Å². The Morgan fingerprint density at radius 1 is 1.05 bits per heavy atom. The summed E-state index contributed by atoms with van der Waals surface area (Å²) >= 11 is 0. The summed E-state index contributed by atoms with van der Waals surface area (Å²) in [4.78, 5) is 40.9. The van der Waals surface area contributed by atoms with Crippen molar-refractivity contribution in [2.75, 3.05) is 69.3 Å². The Morgan fingerprint density at radius 2 is 1.86 bits per heavy atom. The second-order valence-corrected chi connectivity index (χ2v) is 19.6. The fourth-order valence-corrected chi connectivity index (χ4v) is 11.5. The molecule has 3 N–H and O–H groups in total. The molecule has 1 aliphatic carbocycles. The van der Waals surface area contributed by atoms with Gasteiger partial charge in [0.25, 0.3) is 11.6 Å². The number of rotatable bonds is 12. The topological polar surface area (TPSA) is 167 Å². The minimum absolute atomic E-state index is 0.0366. The third-order valence-electron chi connectivity index (χ3n) is 14.1. The number of ether oxygens (including phenoxy) is 3. The Bertz CT molecular complexity index is 2560.